The fourth-order valence-electron chi connectivity index (χ4n) is 3.40. The van der Waals surface area contributed by atoms with E-state index in [-0.39, 0.29) is 23.8 Å². The van der Waals surface area contributed by atoms with Crippen LogP contribution in [0, 0.1) is 5.82 Å². The van der Waals surface area contributed by atoms with Gasteiger partial charge in [0.25, 0.3) is 5.91 Å². The molecule has 266 valence electrons. The van der Waals surface area contributed by atoms with Crippen LogP contribution in [0.15, 0.2) is 48.8 Å². The molecular formula is C29H29F7N6O7. The summed E-state index contributed by atoms with van der Waals surface area (Å²) in [5.74, 6) is -4.83. The number of rotatable bonds is 8. The second-order valence-electron chi connectivity index (χ2n) is 10.5. The Morgan fingerprint density at radius 1 is 0.918 bits per heavy atom. The van der Waals surface area contributed by atoms with E-state index in [1.54, 1.807) is 43.6 Å². The molecule has 0 unspecified atom stereocenters. The fraction of sp³-hybridized carbons (Fsp3) is 0.310. The number of carbonyl (C=O) groups is 3. The minimum atomic E-state index is -5.08. The number of aromatic amines is 1. The van der Waals surface area contributed by atoms with E-state index in [1.807, 2.05) is 26.8 Å². The highest BCUT2D eigenvalue weighted by atomic mass is 19.4. The summed E-state index contributed by atoms with van der Waals surface area (Å²) in [6.07, 6.45) is -6.88. The maximum Gasteiger partial charge on any atom is 0.490 e. The average molecular weight is 707 g/mol. The predicted octanol–water partition coefficient (Wildman–Crippen LogP) is 5.86. The van der Waals surface area contributed by atoms with Crippen molar-refractivity contribution in [2.24, 2.45) is 0 Å². The molecule has 4 rings (SSSR count). The number of H-pyrrole nitrogens is 1. The van der Waals surface area contributed by atoms with Gasteiger partial charge in [-0.25, -0.2) is 23.9 Å². The van der Waals surface area contributed by atoms with Gasteiger partial charge in [0.1, 0.15) is 11.6 Å². The molecule has 49 heavy (non-hydrogen) atoms. The van der Waals surface area contributed by atoms with Crippen molar-refractivity contribution in [1.82, 2.24) is 25.5 Å². The van der Waals surface area contributed by atoms with Crippen LogP contribution in [0.3, 0.4) is 0 Å². The summed E-state index contributed by atoms with van der Waals surface area (Å²) in [6.45, 7) is 7.69. The first-order valence-corrected chi connectivity index (χ1v) is 13.6. The van der Waals surface area contributed by atoms with Crippen molar-refractivity contribution in [1.29, 1.82) is 0 Å². The van der Waals surface area contributed by atoms with Crippen LogP contribution < -0.4 is 20.1 Å². The van der Waals surface area contributed by atoms with Crippen LogP contribution in [-0.2, 0) is 14.4 Å². The second kappa shape index (κ2) is 16.4. The van der Waals surface area contributed by atoms with E-state index >= 15 is 0 Å². The average Bonchev–Trinajstić information content (AvgIpc) is 3.49. The zero-order valence-electron chi connectivity index (χ0n) is 26.0. The molecule has 0 aliphatic rings. The van der Waals surface area contributed by atoms with Crippen molar-refractivity contribution in [2.45, 2.75) is 45.6 Å². The molecule has 2 heterocycles. The van der Waals surface area contributed by atoms with Crippen molar-refractivity contribution in [2.75, 3.05) is 18.5 Å². The Balaban J connectivity index is 0.000000500. The number of benzene rings is 2. The van der Waals surface area contributed by atoms with Crippen molar-refractivity contribution in [3.8, 4) is 22.9 Å². The molecule has 4 aromatic rings. The number of aromatic nitrogens is 4. The Morgan fingerprint density at radius 2 is 1.53 bits per heavy atom. The quantitative estimate of drug-likeness (QED) is 0.138. The Kier molecular flexibility index (Phi) is 13.2. The third-order valence-electron chi connectivity index (χ3n) is 5.27. The number of nitrogens with one attached hydrogen (secondary N) is 3. The largest absolute Gasteiger partial charge is 0.491 e. The van der Waals surface area contributed by atoms with E-state index in [4.69, 9.17) is 29.3 Å². The van der Waals surface area contributed by atoms with Crippen LogP contribution in [0.4, 0.5) is 42.2 Å². The van der Waals surface area contributed by atoms with Crippen LogP contribution in [0.1, 0.15) is 27.7 Å². The van der Waals surface area contributed by atoms with Crippen molar-refractivity contribution < 1.29 is 64.8 Å². The zero-order chi connectivity index (χ0) is 37.2. The molecule has 0 radical (unpaired) electrons. The third kappa shape index (κ3) is 13.1. The lowest BCUT2D eigenvalue weighted by molar-refractivity contribution is -0.193. The number of alkyl halides is 6. The third-order valence-corrected chi connectivity index (χ3v) is 5.27. The lowest BCUT2D eigenvalue weighted by Crippen LogP contribution is -2.43. The van der Waals surface area contributed by atoms with E-state index in [1.165, 1.54) is 6.07 Å². The lowest BCUT2D eigenvalue weighted by atomic mass is 10.1. The van der Waals surface area contributed by atoms with E-state index in [9.17, 15) is 35.5 Å². The maximum atomic E-state index is 14.6. The van der Waals surface area contributed by atoms with Crippen molar-refractivity contribution >= 4 is 40.3 Å². The number of fused-ring (bicyclic) bond motifs is 1. The van der Waals surface area contributed by atoms with Gasteiger partial charge in [-0.2, -0.15) is 31.4 Å². The Bertz CT molecular complexity index is 1720. The smallest absolute Gasteiger partial charge is 0.490 e. The normalized spacial score (nSPS) is 11.3. The van der Waals surface area contributed by atoms with Crippen LogP contribution in [0.5, 0.6) is 11.5 Å². The van der Waals surface area contributed by atoms with Crippen LogP contribution >= 0.6 is 0 Å². The molecule has 0 spiro atoms. The topological polar surface area (TPSA) is 189 Å². The number of ether oxygens (including phenoxy) is 2. The molecule has 0 aliphatic heterocycles. The second-order valence-corrected chi connectivity index (χ2v) is 10.5. The predicted molar refractivity (Wildman–Crippen MR) is 159 cm³/mol. The van der Waals surface area contributed by atoms with Gasteiger partial charge in [0, 0.05) is 28.8 Å². The van der Waals surface area contributed by atoms with E-state index in [2.05, 4.69) is 30.8 Å². The van der Waals surface area contributed by atoms with Crippen LogP contribution in [0.2, 0.25) is 0 Å². The Morgan fingerprint density at radius 3 is 2.04 bits per heavy atom. The molecule has 0 saturated carbocycles. The number of carboxylic acid groups (broad SMARTS) is 2. The number of carboxylic acids is 2. The summed E-state index contributed by atoms with van der Waals surface area (Å²) < 4.78 is 89.2. The Hall–Kier alpha value is -5.69. The van der Waals surface area contributed by atoms with E-state index in [0.717, 1.165) is 0 Å². The van der Waals surface area contributed by atoms with Crippen LogP contribution in [-0.4, -0.2) is 79.3 Å². The maximum absolute atomic E-state index is 14.6. The first-order chi connectivity index (χ1) is 22.6. The number of carbonyl (C=O) groups excluding carboxylic acids is 1. The van der Waals surface area contributed by atoms with Gasteiger partial charge in [0.05, 0.1) is 24.0 Å². The van der Waals surface area contributed by atoms with Gasteiger partial charge in [0.2, 0.25) is 0 Å². The first-order valence-electron chi connectivity index (χ1n) is 13.6. The molecular weight excluding hydrogens is 677 g/mol. The number of nitrogens with zero attached hydrogens (tertiary/aromatic N) is 3. The monoisotopic (exact) mass is 706 g/mol. The molecule has 0 atom stereocenters. The highest BCUT2D eigenvalue weighted by Gasteiger charge is 2.38. The van der Waals surface area contributed by atoms with Gasteiger partial charge >= 0.3 is 24.3 Å². The number of aliphatic carboxylic acids is 2. The molecule has 0 fully saturated rings. The molecule has 2 aromatic carbocycles. The molecule has 2 aromatic heterocycles. The fourth-order valence-corrected chi connectivity index (χ4v) is 3.40. The standard InChI is InChI=1S/C25H27FN6O3.2C2HF3O2/c1-5-34-21-10-18-20(11-19(21)26)30-23(31-24(18)29-16-12-27-28-13-16)15-7-6-8-17(9-15)35-14-22(33)32-25(2,3)4;2*3-2(4,5)1(6)7/h6-13H,5,14H2,1-4H3,(H,27,28)(H,32,33)(H,29,30,31);2*(H,6,7). The molecule has 0 saturated heterocycles. The van der Waals surface area contributed by atoms with Gasteiger partial charge in [-0.3, -0.25) is 9.89 Å². The highest BCUT2D eigenvalue weighted by Crippen LogP contribution is 2.32. The summed E-state index contributed by atoms with van der Waals surface area (Å²) in [4.78, 5) is 39.2. The van der Waals surface area contributed by atoms with Gasteiger partial charge in [-0.05, 0) is 45.9 Å². The molecule has 0 aliphatic carbocycles. The number of hydrogen-bond acceptors (Lipinski definition) is 9. The van der Waals surface area contributed by atoms with Crippen molar-refractivity contribution in [3.05, 3.63) is 54.6 Å². The summed E-state index contributed by atoms with van der Waals surface area (Å²) in [5.41, 5.74) is 1.37. The van der Waals surface area contributed by atoms with Gasteiger partial charge in [-0.1, -0.05) is 12.1 Å². The molecule has 0 bridgehead atoms. The lowest BCUT2D eigenvalue weighted by Gasteiger charge is -2.20. The Labute approximate surface area is 272 Å². The van der Waals surface area contributed by atoms with Gasteiger partial charge in [-0.15, -0.1) is 0 Å². The summed E-state index contributed by atoms with van der Waals surface area (Å²) >= 11 is 0. The minimum Gasteiger partial charge on any atom is -0.491 e. The minimum absolute atomic E-state index is 0.121. The first kappa shape index (κ1) is 39.5. The van der Waals surface area contributed by atoms with E-state index < -0.39 is 30.1 Å². The number of halogens is 7. The number of anilines is 2. The highest BCUT2D eigenvalue weighted by molar-refractivity contribution is 5.93. The molecule has 20 heteroatoms. The zero-order valence-corrected chi connectivity index (χ0v) is 26.0. The van der Waals surface area contributed by atoms with Gasteiger partial charge < -0.3 is 30.3 Å². The molecule has 1 amide bonds. The van der Waals surface area contributed by atoms with Crippen LogP contribution in [0.25, 0.3) is 22.3 Å². The number of amides is 1. The van der Waals surface area contributed by atoms with E-state index in [0.29, 0.717) is 46.2 Å². The summed E-state index contributed by atoms with van der Waals surface area (Å²) in [7, 11) is 0. The molecule has 5 N–H and O–H groups in total. The summed E-state index contributed by atoms with van der Waals surface area (Å²) in [6, 6.07) is 9.97. The number of hydrogen-bond donors (Lipinski definition) is 5. The van der Waals surface area contributed by atoms with Gasteiger partial charge in [0.15, 0.2) is 24.0 Å². The SMILES string of the molecule is CCOc1cc2c(Nc3cn[nH]c3)nc(-c3cccc(OCC(=O)NC(C)(C)C)c3)nc2cc1F.O=C(O)C(F)(F)F.O=C(O)C(F)(F)F. The molecule has 13 nitrogen and oxygen atoms in total. The summed E-state index contributed by atoms with van der Waals surface area (Å²) in [5, 5.41) is 27.6. The van der Waals surface area contributed by atoms with Crippen molar-refractivity contribution in [3.63, 3.8) is 0 Å².